The molecule has 0 aliphatic carbocycles. The highest BCUT2D eigenvalue weighted by atomic mass is 28.3. The third-order valence-electron chi connectivity index (χ3n) is 6.54. The third kappa shape index (κ3) is 6.59. The second kappa shape index (κ2) is 12.2. The second-order valence-corrected chi connectivity index (χ2v) is 16.4. The molecular weight excluding hydrogens is 510 g/mol. The van der Waals surface area contributed by atoms with Crippen LogP contribution in [0.3, 0.4) is 0 Å². The van der Waals surface area contributed by atoms with Crippen molar-refractivity contribution in [1.82, 2.24) is 19.5 Å². The maximum atomic E-state index is 11.8. The van der Waals surface area contributed by atoms with E-state index in [9.17, 15) is 15.0 Å². The number of nitrogens with zero attached hydrogens (tertiary/aromatic N) is 4. The summed E-state index contributed by atoms with van der Waals surface area (Å²) in [6, 6.07) is 10.3. The fraction of sp³-hybridized carbons (Fsp3) is 0.379. The molecule has 0 bridgehead atoms. The monoisotopic (exact) mass is 547 g/mol. The summed E-state index contributed by atoms with van der Waals surface area (Å²) in [4.78, 5) is 25.3. The number of aliphatic hydroxyl groups excluding tert-OH is 2. The molecule has 4 rings (SSSR count). The van der Waals surface area contributed by atoms with Gasteiger partial charge in [-0.1, -0.05) is 32.6 Å². The van der Waals surface area contributed by atoms with E-state index in [4.69, 9.17) is 9.72 Å². The van der Waals surface area contributed by atoms with Crippen molar-refractivity contribution >= 4 is 30.8 Å². The number of amides is 1. The van der Waals surface area contributed by atoms with E-state index in [2.05, 4.69) is 39.5 Å². The van der Waals surface area contributed by atoms with E-state index in [0.29, 0.717) is 30.1 Å². The quantitative estimate of drug-likeness (QED) is 0.170. The first kappa shape index (κ1) is 28.6. The molecule has 39 heavy (non-hydrogen) atoms. The number of anilines is 1. The van der Waals surface area contributed by atoms with Crippen LogP contribution in [0.2, 0.25) is 25.7 Å². The number of hydrogen-bond acceptors (Lipinski definition) is 7. The summed E-state index contributed by atoms with van der Waals surface area (Å²) in [5, 5.41) is 23.3. The lowest BCUT2D eigenvalue weighted by atomic mass is 10.0. The van der Waals surface area contributed by atoms with Gasteiger partial charge in [-0.15, -0.1) is 0 Å². The van der Waals surface area contributed by atoms with Gasteiger partial charge in [0.2, 0.25) is 5.91 Å². The Hall–Kier alpha value is -3.44. The van der Waals surface area contributed by atoms with E-state index in [0.717, 1.165) is 39.5 Å². The van der Waals surface area contributed by atoms with Crippen LogP contribution < -0.4 is 5.32 Å². The summed E-state index contributed by atoms with van der Waals surface area (Å²) in [6.07, 6.45) is 4.95. The van der Waals surface area contributed by atoms with Crippen LogP contribution in [0.5, 0.6) is 0 Å². The van der Waals surface area contributed by atoms with Gasteiger partial charge < -0.3 is 24.8 Å². The van der Waals surface area contributed by atoms with Crippen LogP contribution in [0.4, 0.5) is 5.82 Å². The van der Waals surface area contributed by atoms with Crippen LogP contribution in [0.25, 0.3) is 33.4 Å². The van der Waals surface area contributed by atoms with Crippen LogP contribution in [-0.2, 0) is 22.9 Å². The number of aliphatic hydroxyl groups is 2. The van der Waals surface area contributed by atoms with Crippen molar-refractivity contribution in [2.24, 2.45) is 0 Å². The molecule has 0 saturated heterocycles. The summed E-state index contributed by atoms with van der Waals surface area (Å²) in [5.74, 6) is 0.215. The van der Waals surface area contributed by atoms with Gasteiger partial charge in [-0.2, -0.15) is 0 Å². The Morgan fingerprint density at radius 3 is 2.51 bits per heavy atom. The fourth-order valence-corrected chi connectivity index (χ4v) is 5.27. The normalized spacial score (nSPS) is 12.6. The number of nitrogens with one attached hydrogen (secondary N) is 1. The molecule has 0 aliphatic rings. The van der Waals surface area contributed by atoms with Crippen molar-refractivity contribution in [1.29, 1.82) is 0 Å². The molecule has 0 spiro atoms. The number of rotatable bonds is 11. The molecule has 4 aromatic heterocycles. The summed E-state index contributed by atoms with van der Waals surface area (Å²) in [7, 11) is -1.30. The van der Waals surface area contributed by atoms with Gasteiger partial charge in [-0.25, -0.2) is 4.98 Å². The van der Waals surface area contributed by atoms with Crippen molar-refractivity contribution < 1.29 is 19.7 Å². The van der Waals surface area contributed by atoms with E-state index in [1.54, 1.807) is 24.7 Å². The first-order valence-corrected chi connectivity index (χ1v) is 16.9. The number of hydrogen-bond donors (Lipinski definition) is 3. The number of carbonyl (C=O) groups is 1. The average Bonchev–Trinajstić information content (AvgIpc) is 3.24. The Labute approximate surface area is 229 Å². The number of carbonyl (C=O) groups excluding carboxylic acids is 1. The molecule has 0 aliphatic heterocycles. The highest BCUT2D eigenvalue weighted by Crippen LogP contribution is 2.42. The lowest BCUT2D eigenvalue weighted by molar-refractivity contribution is -0.114. The summed E-state index contributed by atoms with van der Waals surface area (Å²) in [6.45, 7) is 11.0. The van der Waals surface area contributed by atoms with E-state index >= 15 is 0 Å². The van der Waals surface area contributed by atoms with Gasteiger partial charge in [-0.05, 0) is 36.7 Å². The highest BCUT2D eigenvalue weighted by Gasteiger charge is 2.26. The SMILES string of the molecule is CCC(O)c1ccnc2c(-c3ccc(CO)nc3)c(-c3ccnc(NC(C)=O)c3)n(COCC[Si](C)(C)C)c12. The molecular formula is C29H37N5O4Si. The van der Waals surface area contributed by atoms with Crippen LogP contribution >= 0.6 is 0 Å². The summed E-state index contributed by atoms with van der Waals surface area (Å²) in [5.41, 5.74) is 6.06. The lowest BCUT2D eigenvalue weighted by Crippen LogP contribution is -2.22. The molecule has 9 nitrogen and oxygen atoms in total. The first-order valence-electron chi connectivity index (χ1n) is 13.2. The Morgan fingerprint density at radius 1 is 1.10 bits per heavy atom. The standard InChI is InChI=1S/C29H37N5O4Si/c1-6-24(37)23-10-12-31-27-26(21-7-8-22(17-35)32-16-21)28(20-9-11-30-25(15-20)33-19(2)36)34(29(23)27)18-38-13-14-39(3,4)5/h7-12,15-16,24,35,37H,6,13-14,17-18H2,1-5H3,(H,30,33,36). The topological polar surface area (TPSA) is 122 Å². The van der Waals surface area contributed by atoms with E-state index in [1.165, 1.54) is 6.92 Å². The maximum absolute atomic E-state index is 11.8. The first-order chi connectivity index (χ1) is 18.6. The van der Waals surface area contributed by atoms with E-state index in [-0.39, 0.29) is 19.2 Å². The summed E-state index contributed by atoms with van der Waals surface area (Å²) >= 11 is 0. The van der Waals surface area contributed by atoms with Crippen LogP contribution in [0, 0.1) is 0 Å². The molecule has 4 aromatic rings. The molecule has 0 aromatic carbocycles. The number of pyridine rings is 3. The molecule has 206 valence electrons. The Morgan fingerprint density at radius 2 is 1.87 bits per heavy atom. The Balaban J connectivity index is 2.00. The summed E-state index contributed by atoms with van der Waals surface area (Å²) < 4.78 is 8.33. The molecule has 3 N–H and O–H groups in total. The predicted octanol–water partition coefficient (Wildman–Crippen LogP) is 5.37. The molecule has 0 fully saturated rings. The van der Waals surface area contributed by atoms with E-state index in [1.807, 2.05) is 31.2 Å². The third-order valence-corrected chi connectivity index (χ3v) is 8.25. The largest absolute Gasteiger partial charge is 0.390 e. The average molecular weight is 548 g/mol. The minimum atomic E-state index is -1.30. The number of ether oxygens (including phenoxy) is 1. The molecule has 0 radical (unpaired) electrons. The van der Waals surface area contributed by atoms with Crippen molar-refractivity contribution in [3.8, 4) is 22.4 Å². The zero-order valence-electron chi connectivity index (χ0n) is 23.2. The van der Waals surface area contributed by atoms with Crippen LogP contribution in [0.1, 0.15) is 37.6 Å². The molecule has 0 saturated carbocycles. The van der Waals surface area contributed by atoms with Crippen LogP contribution in [-0.4, -0.2) is 50.3 Å². The van der Waals surface area contributed by atoms with Crippen molar-refractivity contribution in [3.63, 3.8) is 0 Å². The minimum Gasteiger partial charge on any atom is -0.390 e. The molecule has 1 atom stereocenters. The minimum absolute atomic E-state index is 0.157. The van der Waals surface area contributed by atoms with Gasteiger partial charge in [0, 0.05) is 62.4 Å². The van der Waals surface area contributed by atoms with Gasteiger partial charge >= 0.3 is 0 Å². The Bertz CT molecular complexity index is 1450. The lowest BCUT2D eigenvalue weighted by Gasteiger charge is -2.18. The number of fused-ring (bicyclic) bond motifs is 1. The molecule has 1 amide bonds. The number of aromatic nitrogens is 4. The van der Waals surface area contributed by atoms with Crippen molar-refractivity contribution in [3.05, 3.63) is 60.2 Å². The zero-order valence-corrected chi connectivity index (χ0v) is 24.2. The molecule has 10 heteroatoms. The van der Waals surface area contributed by atoms with Gasteiger partial charge in [0.1, 0.15) is 12.5 Å². The fourth-order valence-electron chi connectivity index (χ4n) is 4.51. The molecule has 4 heterocycles. The Kier molecular flexibility index (Phi) is 8.91. The van der Waals surface area contributed by atoms with Gasteiger partial charge in [0.25, 0.3) is 0 Å². The maximum Gasteiger partial charge on any atom is 0.222 e. The highest BCUT2D eigenvalue weighted by molar-refractivity contribution is 6.76. The van der Waals surface area contributed by atoms with Crippen molar-refractivity contribution in [2.45, 2.75) is 65.4 Å². The van der Waals surface area contributed by atoms with Gasteiger partial charge in [-0.3, -0.25) is 14.8 Å². The molecule has 1 unspecified atom stereocenters. The van der Waals surface area contributed by atoms with Crippen LogP contribution in [0.15, 0.2) is 48.9 Å². The van der Waals surface area contributed by atoms with E-state index < -0.39 is 14.2 Å². The van der Waals surface area contributed by atoms with Crippen molar-refractivity contribution in [2.75, 3.05) is 11.9 Å². The second-order valence-electron chi connectivity index (χ2n) is 10.8. The van der Waals surface area contributed by atoms with Gasteiger partial charge in [0.15, 0.2) is 0 Å². The smallest absolute Gasteiger partial charge is 0.222 e. The predicted molar refractivity (Wildman–Crippen MR) is 156 cm³/mol. The zero-order chi connectivity index (χ0) is 28.2. The van der Waals surface area contributed by atoms with Gasteiger partial charge in [0.05, 0.1) is 35.1 Å².